The van der Waals surface area contributed by atoms with Gasteiger partial charge in [-0.25, -0.2) is 0 Å². The van der Waals surface area contributed by atoms with Crippen molar-refractivity contribution in [2.75, 3.05) is 7.11 Å². The van der Waals surface area contributed by atoms with Crippen molar-refractivity contribution >= 4 is 5.78 Å². The largest absolute Gasteiger partial charge is 0.508 e. The minimum atomic E-state index is -0.656. The number of ketones is 1. The fraction of sp³-hybridized carbons (Fsp3) is 0.229. The lowest BCUT2D eigenvalue weighted by molar-refractivity contribution is 0.0841. The number of aliphatic hydroxyl groups excluding tert-OH is 1. The van der Waals surface area contributed by atoms with Crippen LogP contribution in [0.2, 0.25) is 0 Å². The Balaban J connectivity index is 1.49. The van der Waals surface area contributed by atoms with Crippen LogP contribution >= 0.6 is 0 Å². The van der Waals surface area contributed by atoms with Crippen LogP contribution in [0.5, 0.6) is 34.5 Å². The van der Waals surface area contributed by atoms with Gasteiger partial charge in [-0.05, 0) is 72.4 Å². The maximum absolute atomic E-state index is 13.5. The Morgan fingerprint density at radius 1 is 0.907 bits per heavy atom. The molecule has 4 aromatic rings. The number of fused-ring (bicyclic) bond motifs is 1. The number of hydrogen-bond acceptors (Lipinski definition) is 8. The van der Waals surface area contributed by atoms with Crippen molar-refractivity contribution in [3.05, 3.63) is 119 Å². The van der Waals surface area contributed by atoms with Crippen LogP contribution in [0.4, 0.5) is 0 Å². The number of carbonyl (C=O) groups excluding carboxylic acids is 1. The van der Waals surface area contributed by atoms with Gasteiger partial charge in [0.2, 0.25) is 0 Å². The predicted octanol–water partition coefficient (Wildman–Crippen LogP) is 6.30. The number of aromatic hydroxyl groups is 4. The van der Waals surface area contributed by atoms with Gasteiger partial charge in [-0.1, -0.05) is 48.6 Å². The van der Waals surface area contributed by atoms with Crippen molar-refractivity contribution in [3.8, 4) is 34.5 Å². The number of ether oxygens (including phenoxy) is 2. The van der Waals surface area contributed by atoms with Crippen LogP contribution in [0.1, 0.15) is 63.9 Å². The molecular weight excluding hydrogens is 548 g/mol. The molecule has 8 nitrogen and oxygen atoms in total. The molecule has 0 aromatic heterocycles. The van der Waals surface area contributed by atoms with E-state index in [2.05, 4.69) is 0 Å². The molecule has 0 saturated carbocycles. The van der Waals surface area contributed by atoms with Crippen LogP contribution in [0.3, 0.4) is 0 Å². The van der Waals surface area contributed by atoms with Gasteiger partial charge in [0.15, 0.2) is 5.78 Å². The standard InChI is InChI=1S/C35H34O8/c1-42-32-20-29(40)33(35-34(32)30(41)19-31(43-35)23-10-17-27(39)18-11-23)28(22-8-15-26(38)16-9-22)4-2-3-24(36)12-5-21-6-13-25(37)14-7-21/h2,4,6-11,13-18,20,24,28,31,36-40H,3,5,12,19H2,1H3/b4-2+/t24-,28-,31-/m1/s1. The second-order valence-electron chi connectivity index (χ2n) is 10.6. The molecule has 43 heavy (non-hydrogen) atoms. The summed E-state index contributed by atoms with van der Waals surface area (Å²) in [6.07, 6.45) is 3.91. The summed E-state index contributed by atoms with van der Waals surface area (Å²) in [5.41, 5.74) is 3.00. The molecule has 0 unspecified atom stereocenters. The molecule has 0 bridgehead atoms. The van der Waals surface area contributed by atoms with E-state index in [1.54, 1.807) is 48.5 Å². The fourth-order valence-electron chi connectivity index (χ4n) is 5.36. The van der Waals surface area contributed by atoms with Crippen molar-refractivity contribution in [3.63, 3.8) is 0 Å². The summed E-state index contributed by atoms with van der Waals surface area (Å²) in [6.45, 7) is 0. The normalized spacial score (nSPS) is 16.0. The highest BCUT2D eigenvalue weighted by Crippen LogP contribution is 2.50. The lowest BCUT2D eigenvalue weighted by Crippen LogP contribution is -2.23. The molecule has 3 atom stereocenters. The van der Waals surface area contributed by atoms with E-state index in [4.69, 9.17) is 9.47 Å². The van der Waals surface area contributed by atoms with E-state index >= 15 is 0 Å². The summed E-state index contributed by atoms with van der Waals surface area (Å²) in [5, 5.41) is 51.2. The van der Waals surface area contributed by atoms with Gasteiger partial charge in [0, 0.05) is 17.5 Å². The number of phenolic OH excluding ortho intramolecular Hbond substituents is 4. The third-order valence-corrected chi connectivity index (χ3v) is 7.66. The molecule has 0 spiro atoms. The Labute approximate surface area is 249 Å². The number of carbonyl (C=O) groups is 1. The monoisotopic (exact) mass is 582 g/mol. The number of Topliss-reactive ketones (excluding diaryl/α,β-unsaturated/α-hetero) is 1. The zero-order valence-electron chi connectivity index (χ0n) is 23.7. The van der Waals surface area contributed by atoms with Gasteiger partial charge < -0.3 is 35.0 Å². The zero-order chi connectivity index (χ0) is 30.5. The van der Waals surface area contributed by atoms with E-state index in [0.29, 0.717) is 30.4 Å². The highest BCUT2D eigenvalue weighted by atomic mass is 16.5. The first-order valence-corrected chi connectivity index (χ1v) is 14.1. The lowest BCUT2D eigenvalue weighted by Gasteiger charge is -2.31. The molecule has 0 saturated heterocycles. The first kappa shape index (κ1) is 29.5. The molecule has 0 amide bonds. The van der Waals surface area contributed by atoms with Crippen LogP contribution in [-0.4, -0.2) is 44.5 Å². The molecule has 8 heteroatoms. The Hall–Kier alpha value is -4.95. The van der Waals surface area contributed by atoms with Gasteiger partial charge in [0.05, 0.1) is 19.6 Å². The Morgan fingerprint density at radius 2 is 1.51 bits per heavy atom. The molecule has 0 fully saturated rings. The second kappa shape index (κ2) is 12.9. The molecule has 0 aliphatic carbocycles. The number of aliphatic hydroxyl groups is 1. The highest BCUT2D eigenvalue weighted by molar-refractivity contribution is 6.03. The van der Waals surface area contributed by atoms with Gasteiger partial charge >= 0.3 is 0 Å². The van der Waals surface area contributed by atoms with Crippen LogP contribution in [0.25, 0.3) is 0 Å². The SMILES string of the molecule is COc1cc(O)c([C@H](/C=C/C[C@@H](O)CCc2ccc(O)cc2)c2ccc(O)cc2)c2c1C(=O)C[C@H](c1ccc(O)cc1)O2. The average Bonchev–Trinajstić information content (AvgIpc) is 3.00. The number of methoxy groups -OCH3 is 1. The number of rotatable bonds is 10. The summed E-state index contributed by atoms with van der Waals surface area (Å²) < 4.78 is 11.9. The lowest BCUT2D eigenvalue weighted by atomic mass is 9.85. The quantitative estimate of drug-likeness (QED) is 0.138. The summed E-state index contributed by atoms with van der Waals surface area (Å²) in [5.74, 6) is -0.191. The van der Waals surface area contributed by atoms with Gasteiger partial charge in [0.25, 0.3) is 0 Å². The number of hydrogen-bond donors (Lipinski definition) is 5. The van der Waals surface area contributed by atoms with E-state index in [-0.39, 0.29) is 52.3 Å². The molecule has 222 valence electrons. The number of allylic oxidation sites excluding steroid dienone is 1. The smallest absolute Gasteiger partial charge is 0.174 e. The van der Waals surface area contributed by atoms with Crippen molar-refractivity contribution < 1.29 is 39.8 Å². The molecule has 1 heterocycles. The van der Waals surface area contributed by atoms with Crippen LogP contribution in [-0.2, 0) is 6.42 Å². The zero-order valence-corrected chi connectivity index (χ0v) is 23.7. The van der Waals surface area contributed by atoms with Crippen molar-refractivity contribution in [1.82, 2.24) is 0 Å². The molecule has 1 aliphatic rings. The highest BCUT2D eigenvalue weighted by Gasteiger charge is 2.36. The Morgan fingerprint density at radius 3 is 2.14 bits per heavy atom. The maximum Gasteiger partial charge on any atom is 0.174 e. The van der Waals surface area contributed by atoms with Crippen LogP contribution in [0, 0.1) is 0 Å². The van der Waals surface area contributed by atoms with Gasteiger partial charge in [-0.3, -0.25) is 4.79 Å². The fourth-order valence-corrected chi connectivity index (χ4v) is 5.36. The second-order valence-corrected chi connectivity index (χ2v) is 10.6. The Kier molecular flexibility index (Phi) is 8.87. The number of benzene rings is 4. The summed E-state index contributed by atoms with van der Waals surface area (Å²) in [4.78, 5) is 13.5. The molecule has 0 radical (unpaired) electrons. The summed E-state index contributed by atoms with van der Waals surface area (Å²) >= 11 is 0. The van der Waals surface area contributed by atoms with E-state index < -0.39 is 18.1 Å². The minimum Gasteiger partial charge on any atom is -0.508 e. The third kappa shape index (κ3) is 6.76. The molecular formula is C35H34O8. The van der Waals surface area contributed by atoms with Crippen LogP contribution in [0.15, 0.2) is 91.0 Å². The predicted molar refractivity (Wildman–Crippen MR) is 161 cm³/mol. The molecule has 1 aliphatic heterocycles. The van der Waals surface area contributed by atoms with Gasteiger partial charge in [-0.2, -0.15) is 0 Å². The first-order chi connectivity index (χ1) is 20.7. The van der Waals surface area contributed by atoms with Crippen molar-refractivity contribution in [1.29, 1.82) is 0 Å². The third-order valence-electron chi connectivity index (χ3n) is 7.66. The van der Waals surface area contributed by atoms with Crippen molar-refractivity contribution in [2.24, 2.45) is 0 Å². The van der Waals surface area contributed by atoms with Gasteiger partial charge in [0.1, 0.15) is 46.2 Å². The molecule has 5 rings (SSSR count). The number of aryl methyl sites for hydroxylation is 1. The van der Waals surface area contributed by atoms with E-state index in [1.165, 1.54) is 25.3 Å². The van der Waals surface area contributed by atoms with Crippen molar-refractivity contribution in [2.45, 2.75) is 43.8 Å². The summed E-state index contributed by atoms with van der Waals surface area (Å²) in [6, 6.07) is 21.2. The van der Waals surface area contributed by atoms with Gasteiger partial charge in [-0.15, -0.1) is 0 Å². The van der Waals surface area contributed by atoms with Crippen LogP contribution < -0.4 is 9.47 Å². The van der Waals surface area contributed by atoms with E-state index in [1.807, 2.05) is 24.3 Å². The minimum absolute atomic E-state index is 0.0469. The Bertz CT molecular complexity index is 1590. The number of phenols is 4. The van der Waals surface area contributed by atoms with E-state index in [9.17, 15) is 30.3 Å². The summed E-state index contributed by atoms with van der Waals surface area (Å²) in [7, 11) is 1.42. The van der Waals surface area contributed by atoms with E-state index in [0.717, 1.165) is 11.1 Å². The first-order valence-electron chi connectivity index (χ1n) is 14.1. The average molecular weight is 583 g/mol. The topological polar surface area (TPSA) is 137 Å². The molecule has 4 aromatic carbocycles. The molecule has 5 N–H and O–H groups in total. The maximum atomic E-state index is 13.5.